The average molecular weight is 184 g/mol. The van der Waals surface area contributed by atoms with Crippen molar-refractivity contribution in [3.63, 3.8) is 0 Å². The number of carbonyl (C=O) groups is 1. The molecule has 0 aromatic carbocycles. The zero-order chi connectivity index (χ0) is 9.14. The SMILES string of the molecule is CNC(=O)c1nc(C(C)C)cs1. The lowest BCUT2D eigenvalue weighted by Crippen LogP contribution is -2.17. The zero-order valence-corrected chi connectivity index (χ0v) is 8.23. The van der Waals surface area contributed by atoms with Crippen molar-refractivity contribution in [2.45, 2.75) is 19.8 Å². The molecule has 1 aromatic heterocycles. The average Bonchev–Trinajstić information content (AvgIpc) is 2.51. The maximum atomic E-state index is 11.1. The number of hydrogen-bond donors (Lipinski definition) is 1. The van der Waals surface area contributed by atoms with E-state index in [2.05, 4.69) is 24.1 Å². The number of nitrogens with zero attached hydrogens (tertiary/aromatic N) is 1. The summed E-state index contributed by atoms with van der Waals surface area (Å²) >= 11 is 1.39. The van der Waals surface area contributed by atoms with Gasteiger partial charge in [-0.2, -0.15) is 0 Å². The second-order valence-corrected chi connectivity index (χ2v) is 3.67. The topological polar surface area (TPSA) is 42.0 Å². The number of carbonyl (C=O) groups excluding carboxylic acids is 1. The fourth-order valence-corrected chi connectivity index (χ4v) is 1.69. The van der Waals surface area contributed by atoms with Gasteiger partial charge < -0.3 is 5.32 Å². The normalized spacial score (nSPS) is 10.3. The molecule has 1 rings (SSSR count). The van der Waals surface area contributed by atoms with Gasteiger partial charge in [0.2, 0.25) is 0 Å². The van der Waals surface area contributed by atoms with Crippen LogP contribution >= 0.6 is 11.3 Å². The van der Waals surface area contributed by atoms with Gasteiger partial charge in [0.1, 0.15) is 0 Å². The molecule has 1 heterocycles. The largest absolute Gasteiger partial charge is 0.353 e. The molecule has 4 heteroatoms. The number of nitrogens with one attached hydrogen (secondary N) is 1. The summed E-state index contributed by atoms with van der Waals surface area (Å²) in [4.78, 5) is 15.3. The molecule has 0 saturated heterocycles. The molecule has 3 nitrogen and oxygen atoms in total. The highest BCUT2D eigenvalue weighted by molar-refractivity contribution is 7.11. The number of amides is 1. The number of thiazole rings is 1. The van der Waals surface area contributed by atoms with Gasteiger partial charge >= 0.3 is 0 Å². The Morgan fingerprint density at radius 1 is 1.67 bits per heavy atom. The van der Waals surface area contributed by atoms with Crippen molar-refractivity contribution in [1.82, 2.24) is 10.3 Å². The summed E-state index contributed by atoms with van der Waals surface area (Å²) in [7, 11) is 1.61. The van der Waals surface area contributed by atoms with Crippen LogP contribution in [-0.2, 0) is 0 Å². The van der Waals surface area contributed by atoms with E-state index in [1.54, 1.807) is 7.05 Å². The first-order chi connectivity index (χ1) is 5.65. The first kappa shape index (κ1) is 9.19. The quantitative estimate of drug-likeness (QED) is 0.759. The van der Waals surface area contributed by atoms with Gasteiger partial charge in [0.05, 0.1) is 5.69 Å². The maximum absolute atomic E-state index is 11.1. The number of rotatable bonds is 2. The molecule has 1 amide bonds. The molecule has 0 bridgehead atoms. The van der Waals surface area contributed by atoms with Gasteiger partial charge in [-0.25, -0.2) is 4.98 Å². The summed E-state index contributed by atoms with van der Waals surface area (Å²) in [5, 5.41) is 5.01. The number of hydrogen-bond acceptors (Lipinski definition) is 3. The lowest BCUT2D eigenvalue weighted by atomic mass is 10.2. The Hall–Kier alpha value is -0.900. The first-order valence-corrected chi connectivity index (χ1v) is 4.70. The molecule has 0 fully saturated rings. The molecule has 0 spiro atoms. The van der Waals surface area contributed by atoms with Crippen LogP contribution in [0.3, 0.4) is 0 Å². The van der Waals surface area contributed by atoms with Crippen LogP contribution in [0.5, 0.6) is 0 Å². The third kappa shape index (κ3) is 1.82. The van der Waals surface area contributed by atoms with E-state index in [0.717, 1.165) is 5.69 Å². The molecule has 0 aliphatic heterocycles. The maximum Gasteiger partial charge on any atom is 0.280 e. The fraction of sp³-hybridized carbons (Fsp3) is 0.500. The Kier molecular flexibility index (Phi) is 2.81. The molecule has 0 aliphatic carbocycles. The molecular formula is C8H12N2OS. The van der Waals surface area contributed by atoms with E-state index in [0.29, 0.717) is 10.9 Å². The van der Waals surface area contributed by atoms with Crippen LogP contribution < -0.4 is 5.32 Å². The molecule has 1 aromatic rings. The summed E-state index contributed by atoms with van der Waals surface area (Å²) in [6, 6.07) is 0. The van der Waals surface area contributed by atoms with Crippen LogP contribution in [0.2, 0.25) is 0 Å². The van der Waals surface area contributed by atoms with E-state index in [9.17, 15) is 4.79 Å². The second kappa shape index (κ2) is 3.67. The van der Waals surface area contributed by atoms with E-state index >= 15 is 0 Å². The van der Waals surface area contributed by atoms with Crippen LogP contribution in [0.1, 0.15) is 35.3 Å². The summed E-state index contributed by atoms with van der Waals surface area (Å²) in [6.07, 6.45) is 0. The highest BCUT2D eigenvalue weighted by Crippen LogP contribution is 2.17. The second-order valence-electron chi connectivity index (χ2n) is 2.81. The van der Waals surface area contributed by atoms with Crippen LogP contribution in [0.25, 0.3) is 0 Å². The van der Waals surface area contributed by atoms with E-state index in [4.69, 9.17) is 0 Å². The standard InChI is InChI=1S/C8H12N2OS/c1-5(2)6-4-12-8(10-6)7(11)9-3/h4-5H,1-3H3,(H,9,11). The van der Waals surface area contributed by atoms with Crippen LogP contribution in [0, 0.1) is 0 Å². The van der Waals surface area contributed by atoms with Crippen LogP contribution in [0.4, 0.5) is 0 Å². The predicted molar refractivity (Wildman–Crippen MR) is 49.6 cm³/mol. The van der Waals surface area contributed by atoms with Crippen molar-refractivity contribution >= 4 is 17.2 Å². The van der Waals surface area contributed by atoms with Gasteiger partial charge in [-0.15, -0.1) is 11.3 Å². The molecule has 0 saturated carbocycles. The van der Waals surface area contributed by atoms with Gasteiger partial charge in [0, 0.05) is 12.4 Å². The first-order valence-electron chi connectivity index (χ1n) is 3.82. The Morgan fingerprint density at radius 3 is 2.75 bits per heavy atom. The van der Waals surface area contributed by atoms with Gasteiger partial charge in [0.15, 0.2) is 5.01 Å². The smallest absolute Gasteiger partial charge is 0.280 e. The van der Waals surface area contributed by atoms with Crippen LogP contribution in [-0.4, -0.2) is 17.9 Å². The molecule has 0 radical (unpaired) electrons. The molecule has 12 heavy (non-hydrogen) atoms. The minimum Gasteiger partial charge on any atom is -0.353 e. The zero-order valence-electron chi connectivity index (χ0n) is 7.42. The molecule has 0 atom stereocenters. The Labute approximate surface area is 75.8 Å². The Balaban J connectivity index is 2.84. The fourth-order valence-electron chi connectivity index (χ4n) is 0.763. The summed E-state index contributed by atoms with van der Waals surface area (Å²) in [5.74, 6) is 0.284. The minimum atomic E-state index is -0.105. The van der Waals surface area contributed by atoms with Crippen molar-refractivity contribution < 1.29 is 4.79 Å². The molecular weight excluding hydrogens is 172 g/mol. The van der Waals surface area contributed by atoms with Gasteiger partial charge in [-0.1, -0.05) is 13.8 Å². The number of aromatic nitrogens is 1. The van der Waals surface area contributed by atoms with Crippen molar-refractivity contribution in [1.29, 1.82) is 0 Å². The minimum absolute atomic E-state index is 0.105. The van der Waals surface area contributed by atoms with Crippen molar-refractivity contribution in [3.05, 3.63) is 16.1 Å². The molecule has 1 N–H and O–H groups in total. The van der Waals surface area contributed by atoms with Gasteiger partial charge in [-0.3, -0.25) is 4.79 Å². The van der Waals surface area contributed by atoms with E-state index in [1.165, 1.54) is 11.3 Å². The third-order valence-corrected chi connectivity index (χ3v) is 2.39. The van der Waals surface area contributed by atoms with Gasteiger partial charge in [0.25, 0.3) is 5.91 Å². The van der Waals surface area contributed by atoms with E-state index in [1.807, 2.05) is 5.38 Å². The molecule has 0 aliphatic rings. The Bertz CT molecular complexity index is 280. The van der Waals surface area contributed by atoms with Crippen molar-refractivity contribution in [2.24, 2.45) is 0 Å². The predicted octanol–water partition coefficient (Wildman–Crippen LogP) is 1.63. The highest BCUT2D eigenvalue weighted by atomic mass is 32.1. The lowest BCUT2D eigenvalue weighted by molar-refractivity contribution is 0.0962. The van der Waals surface area contributed by atoms with Crippen LogP contribution in [0.15, 0.2) is 5.38 Å². The van der Waals surface area contributed by atoms with Gasteiger partial charge in [-0.05, 0) is 5.92 Å². The van der Waals surface area contributed by atoms with E-state index in [-0.39, 0.29) is 5.91 Å². The molecule has 0 unspecified atom stereocenters. The van der Waals surface area contributed by atoms with E-state index < -0.39 is 0 Å². The summed E-state index contributed by atoms with van der Waals surface area (Å²) in [5.41, 5.74) is 0.985. The molecule has 66 valence electrons. The summed E-state index contributed by atoms with van der Waals surface area (Å²) in [6.45, 7) is 4.12. The Morgan fingerprint density at radius 2 is 2.33 bits per heavy atom. The monoisotopic (exact) mass is 184 g/mol. The summed E-state index contributed by atoms with van der Waals surface area (Å²) < 4.78 is 0. The lowest BCUT2D eigenvalue weighted by Gasteiger charge is -1.96. The highest BCUT2D eigenvalue weighted by Gasteiger charge is 2.10. The van der Waals surface area contributed by atoms with Crippen molar-refractivity contribution in [3.8, 4) is 0 Å². The third-order valence-electron chi connectivity index (χ3n) is 1.53. The van der Waals surface area contributed by atoms with Crippen molar-refractivity contribution in [2.75, 3.05) is 7.05 Å².